The summed E-state index contributed by atoms with van der Waals surface area (Å²) in [7, 11) is 0. The van der Waals surface area contributed by atoms with Crippen LogP contribution in [0.15, 0.2) is 24.3 Å². The Morgan fingerprint density at radius 2 is 1.91 bits per heavy atom. The minimum Gasteiger partial charge on any atom is -0.184 e. The van der Waals surface area contributed by atoms with Crippen molar-refractivity contribution in [2.45, 2.75) is 26.2 Å². The minimum atomic E-state index is 0. The van der Waals surface area contributed by atoms with Crippen LogP contribution in [0.5, 0.6) is 0 Å². The SMILES string of the molecule is CC(C)(C)c1c[c-]ccc1.[Rb+]. The Morgan fingerprint density at radius 1 is 1.27 bits per heavy atom. The molecular weight excluding hydrogens is 206 g/mol. The first-order valence-electron chi connectivity index (χ1n) is 3.57. The molecule has 0 amide bonds. The van der Waals surface area contributed by atoms with Crippen LogP contribution in [-0.2, 0) is 5.41 Å². The van der Waals surface area contributed by atoms with Crippen LogP contribution in [0.2, 0.25) is 0 Å². The van der Waals surface area contributed by atoms with E-state index in [1.54, 1.807) is 0 Å². The second-order valence-electron chi connectivity index (χ2n) is 3.54. The molecule has 1 rings (SSSR count). The summed E-state index contributed by atoms with van der Waals surface area (Å²) in [4.78, 5) is 0. The second kappa shape index (κ2) is 4.91. The van der Waals surface area contributed by atoms with Gasteiger partial charge in [0, 0.05) is 0 Å². The van der Waals surface area contributed by atoms with E-state index in [-0.39, 0.29) is 63.6 Å². The zero-order chi connectivity index (χ0) is 7.61. The second-order valence-corrected chi connectivity index (χ2v) is 3.54. The van der Waals surface area contributed by atoms with Gasteiger partial charge in [-0.1, -0.05) is 26.2 Å². The van der Waals surface area contributed by atoms with Gasteiger partial charge in [0.1, 0.15) is 0 Å². The molecular formula is C10H13Rb. The van der Waals surface area contributed by atoms with Gasteiger partial charge in [0.2, 0.25) is 0 Å². The molecule has 1 aromatic carbocycles. The first-order valence-corrected chi connectivity index (χ1v) is 3.57. The topological polar surface area (TPSA) is 0 Å². The predicted octanol–water partition coefficient (Wildman–Crippen LogP) is -0.212. The van der Waals surface area contributed by atoms with Gasteiger partial charge in [-0.2, -0.15) is 35.9 Å². The van der Waals surface area contributed by atoms with Crippen LogP contribution >= 0.6 is 0 Å². The molecule has 1 aromatic rings. The van der Waals surface area contributed by atoms with Crippen molar-refractivity contribution in [2.24, 2.45) is 0 Å². The maximum Gasteiger partial charge on any atom is 1.00 e. The van der Waals surface area contributed by atoms with E-state index in [1.165, 1.54) is 5.56 Å². The number of rotatable bonds is 0. The van der Waals surface area contributed by atoms with Crippen LogP contribution in [0, 0.1) is 6.07 Å². The monoisotopic (exact) mass is 218 g/mol. The Bertz CT molecular complexity index is 196. The minimum absolute atomic E-state index is 0. The Hall–Kier alpha value is 1.03. The third kappa shape index (κ3) is 3.98. The van der Waals surface area contributed by atoms with Crippen LogP contribution in [0.1, 0.15) is 26.3 Å². The van der Waals surface area contributed by atoms with Crippen LogP contribution in [0.25, 0.3) is 0 Å². The molecule has 0 aliphatic rings. The van der Waals surface area contributed by atoms with Gasteiger partial charge in [-0.25, -0.2) is 0 Å². The Balaban J connectivity index is 0.000001000. The zero-order valence-electron chi connectivity index (χ0n) is 7.81. The number of benzene rings is 1. The first kappa shape index (κ1) is 12.0. The first-order chi connectivity index (χ1) is 4.61. The summed E-state index contributed by atoms with van der Waals surface area (Å²) in [5.74, 6) is 0. The van der Waals surface area contributed by atoms with E-state index in [0.29, 0.717) is 0 Å². The summed E-state index contributed by atoms with van der Waals surface area (Å²) in [6.07, 6.45) is 0. The Morgan fingerprint density at radius 3 is 2.18 bits per heavy atom. The van der Waals surface area contributed by atoms with Crippen LogP contribution in [0.3, 0.4) is 0 Å². The fourth-order valence-electron chi connectivity index (χ4n) is 0.860. The van der Waals surface area contributed by atoms with Crippen molar-refractivity contribution in [3.05, 3.63) is 35.9 Å². The molecule has 0 aromatic heterocycles. The van der Waals surface area contributed by atoms with Gasteiger partial charge in [0.15, 0.2) is 0 Å². The summed E-state index contributed by atoms with van der Waals surface area (Å²) in [5, 5.41) is 0. The molecule has 0 saturated heterocycles. The Labute approximate surface area is 118 Å². The van der Waals surface area contributed by atoms with Crippen LogP contribution in [0.4, 0.5) is 0 Å². The maximum atomic E-state index is 3.07. The summed E-state index contributed by atoms with van der Waals surface area (Å²) < 4.78 is 0. The van der Waals surface area contributed by atoms with Gasteiger partial charge in [-0.3, -0.25) is 0 Å². The largest absolute Gasteiger partial charge is 1.00 e. The molecule has 0 aliphatic heterocycles. The van der Waals surface area contributed by atoms with Gasteiger partial charge in [0.25, 0.3) is 0 Å². The van der Waals surface area contributed by atoms with Crippen LogP contribution < -0.4 is 58.2 Å². The fraction of sp³-hybridized carbons (Fsp3) is 0.400. The summed E-state index contributed by atoms with van der Waals surface area (Å²) in [6, 6.07) is 11.2. The van der Waals surface area contributed by atoms with Gasteiger partial charge in [0.05, 0.1) is 0 Å². The molecule has 0 saturated carbocycles. The molecule has 0 nitrogen and oxygen atoms in total. The standard InChI is InChI=1S/C10H13.Rb/c1-10(2,3)9-7-5-4-6-8-9;/h4-5,7-8H,1-3H3;/q-1;+1. The normalized spacial score (nSPS) is 10.5. The molecule has 0 spiro atoms. The van der Waals surface area contributed by atoms with Crippen LogP contribution in [-0.4, -0.2) is 0 Å². The van der Waals surface area contributed by atoms with E-state index in [0.717, 1.165) is 0 Å². The molecule has 0 fully saturated rings. The molecule has 0 heterocycles. The van der Waals surface area contributed by atoms with Gasteiger partial charge in [-0.15, -0.1) is 0 Å². The molecule has 0 N–H and O–H groups in total. The summed E-state index contributed by atoms with van der Waals surface area (Å²) in [6.45, 7) is 6.61. The molecule has 0 atom stereocenters. The molecule has 0 bridgehead atoms. The van der Waals surface area contributed by atoms with E-state index in [4.69, 9.17) is 0 Å². The number of hydrogen-bond donors (Lipinski definition) is 0. The summed E-state index contributed by atoms with van der Waals surface area (Å²) in [5.41, 5.74) is 1.60. The van der Waals surface area contributed by atoms with E-state index < -0.39 is 0 Å². The van der Waals surface area contributed by atoms with E-state index in [9.17, 15) is 0 Å². The summed E-state index contributed by atoms with van der Waals surface area (Å²) >= 11 is 0. The van der Waals surface area contributed by atoms with Gasteiger partial charge >= 0.3 is 58.2 Å². The maximum absolute atomic E-state index is 3.07. The molecule has 0 unspecified atom stereocenters. The predicted molar refractivity (Wildman–Crippen MR) is 44.0 cm³/mol. The van der Waals surface area contributed by atoms with E-state index in [1.807, 2.05) is 18.2 Å². The number of hydrogen-bond acceptors (Lipinski definition) is 0. The van der Waals surface area contributed by atoms with Gasteiger partial charge in [-0.05, 0) is 0 Å². The zero-order valence-corrected chi connectivity index (χ0v) is 12.7. The van der Waals surface area contributed by atoms with E-state index in [2.05, 4.69) is 32.9 Å². The molecule has 0 radical (unpaired) electrons. The third-order valence-corrected chi connectivity index (χ3v) is 1.57. The van der Waals surface area contributed by atoms with Crippen molar-refractivity contribution in [3.63, 3.8) is 0 Å². The molecule has 11 heavy (non-hydrogen) atoms. The van der Waals surface area contributed by atoms with Crippen molar-refractivity contribution in [1.82, 2.24) is 0 Å². The van der Waals surface area contributed by atoms with Crippen molar-refractivity contribution < 1.29 is 58.2 Å². The molecule has 0 aliphatic carbocycles. The van der Waals surface area contributed by atoms with Crippen molar-refractivity contribution in [1.29, 1.82) is 0 Å². The fourth-order valence-corrected chi connectivity index (χ4v) is 0.860. The average Bonchev–Trinajstić information content (AvgIpc) is 1.88. The van der Waals surface area contributed by atoms with E-state index >= 15 is 0 Å². The van der Waals surface area contributed by atoms with Gasteiger partial charge < -0.3 is 0 Å². The average molecular weight is 219 g/mol. The van der Waals surface area contributed by atoms with Crippen molar-refractivity contribution in [2.75, 3.05) is 0 Å². The quantitative estimate of drug-likeness (QED) is 0.529. The molecule has 54 valence electrons. The molecule has 1 heteroatoms. The van der Waals surface area contributed by atoms with Crippen molar-refractivity contribution >= 4 is 0 Å². The Kier molecular flexibility index (Phi) is 5.37. The third-order valence-electron chi connectivity index (χ3n) is 1.57. The van der Waals surface area contributed by atoms with Crippen molar-refractivity contribution in [3.8, 4) is 0 Å². The smallest absolute Gasteiger partial charge is 0.184 e.